The molecule has 1 aliphatic carbocycles. The van der Waals surface area contributed by atoms with Crippen molar-refractivity contribution in [2.45, 2.75) is 25.3 Å². The standard InChI is InChI=1S/C9H14N4O/c14-9(13-7-1-2-7)12-4-3-8-10-5-6-11-8/h5-7H,1-4H2,(H,10,11)(H2,12,13,14). The minimum atomic E-state index is -0.0703. The molecule has 0 bridgehead atoms. The van der Waals surface area contributed by atoms with Gasteiger partial charge in [0.05, 0.1) is 0 Å². The lowest BCUT2D eigenvalue weighted by molar-refractivity contribution is 0.240. The highest BCUT2D eigenvalue weighted by molar-refractivity contribution is 5.74. The smallest absolute Gasteiger partial charge is 0.315 e. The van der Waals surface area contributed by atoms with E-state index in [1.54, 1.807) is 12.4 Å². The summed E-state index contributed by atoms with van der Waals surface area (Å²) in [7, 11) is 0. The normalized spacial score (nSPS) is 15.1. The highest BCUT2D eigenvalue weighted by Gasteiger charge is 2.22. The van der Waals surface area contributed by atoms with Gasteiger partial charge in [0.15, 0.2) is 0 Å². The molecule has 0 radical (unpaired) electrons. The first kappa shape index (κ1) is 9.05. The number of nitrogens with one attached hydrogen (secondary N) is 3. The Bertz CT molecular complexity index is 292. The van der Waals surface area contributed by atoms with Crippen molar-refractivity contribution in [3.8, 4) is 0 Å². The van der Waals surface area contributed by atoms with Gasteiger partial charge in [0.2, 0.25) is 0 Å². The van der Waals surface area contributed by atoms with Crippen LogP contribution >= 0.6 is 0 Å². The van der Waals surface area contributed by atoms with Crippen molar-refractivity contribution in [2.24, 2.45) is 0 Å². The SMILES string of the molecule is O=C(NCCc1ncc[nH]1)NC1CC1. The highest BCUT2D eigenvalue weighted by Crippen LogP contribution is 2.18. The van der Waals surface area contributed by atoms with Crippen LogP contribution in [0.4, 0.5) is 4.79 Å². The molecular formula is C9H14N4O. The maximum Gasteiger partial charge on any atom is 0.315 e. The Labute approximate surface area is 82.3 Å². The van der Waals surface area contributed by atoms with Crippen molar-refractivity contribution in [1.29, 1.82) is 0 Å². The molecule has 0 aliphatic heterocycles. The fourth-order valence-electron chi connectivity index (χ4n) is 1.19. The first-order chi connectivity index (χ1) is 6.84. The summed E-state index contributed by atoms with van der Waals surface area (Å²) in [5, 5.41) is 5.64. The summed E-state index contributed by atoms with van der Waals surface area (Å²) in [6.07, 6.45) is 6.46. The summed E-state index contributed by atoms with van der Waals surface area (Å²) in [6.45, 7) is 0.617. The molecule has 1 fully saturated rings. The number of urea groups is 1. The van der Waals surface area contributed by atoms with E-state index in [-0.39, 0.29) is 6.03 Å². The van der Waals surface area contributed by atoms with Crippen molar-refractivity contribution in [3.63, 3.8) is 0 Å². The Morgan fingerprint density at radius 3 is 3.14 bits per heavy atom. The Morgan fingerprint density at radius 2 is 2.50 bits per heavy atom. The van der Waals surface area contributed by atoms with Crippen LogP contribution in [0.5, 0.6) is 0 Å². The second kappa shape index (κ2) is 4.13. The van der Waals surface area contributed by atoms with Crippen molar-refractivity contribution < 1.29 is 4.79 Å². The molecule has 14 heavy (non-hydrogen) atoms. The van der Waals surface area contributed by atoms with Gasteiger partial charge in [-0.25, -0.2) is 9.78 Å². The molecule has 0 atom stereocenters. The van der Waals surface area contributed by atoms with Gasteiger partial charge < -0.3 is 15.6 Å². The number of carbonyl (C=O) groups excluding carboxylic acids is 1. The van der Waals surface area contributed by atoms with Crippen LogP contribution in [-0.4, -0.2) is 28.6 Å². The molecule has 0 spiro atoms. The largest absolute Gasteiger partial charge is 0.349 e. The predicted molar refractivity (Wildman–Crippen MR) is 51.8 cm³/mol. The molecule has 0 saturated heterocycles. The first-order valence-corrected chi connectivity index (χ1v) is 4.87. The number of imidazole rings is 1. The number of hydrogen-bond acceptors (Lipinski definition) is 2. The third-order valence-electron chi connectivity index (χ3n) is 2.11. The maximum absolute atomic E-state index is 11.2. The summed E-state index contributed by atoms with van der Waals surface area (Å²) in [4.78, 5) is 18.2. The number of carbonyl (C=O) groups is 1. The van der Waals surface area contributed by atoms with Crippen LogP contribution in [0.1, 0.15) is 18.7 Å². The maximum atomic E-state index is 11.2. The van der Waals surface area contributed by atoms with Crippen LogP contribution in [0.15, 0.2) is 12.4 Å². The van der Waals surface area contributed by atoms with Gasteiger partial charge in [-0.2, -0.15) is 0 Å². The lowest BCUT2D eigenvalue weighted by atomic mass is 10.4. The van der Waals surface area contributed by atoms with E-state index in [1.165, 1.54) is 0 Å². The average Bonchev–Trinajstić information content (AvgIpc) is 2.82. The summed E-state index contributed by atoms with van der Waals surface area (Å²) in [5.41, 5.74) is 0. The number of amides is 2. The monoisotopic (exact) mass is 194 g/mol. The minimum absolute atomic E-state index is 0.0703. The third-order valence-corrected chi connectivity index (χ3v) is 2.11. The Hall–Kier alpha value is -1.52. The van der Waals surface area contributed by atoms with Gasteiger partial charge in [-0.3, -0.25) is 0 Å². The van der Waals surface area contributed by atoms with Gasteiger partial charge in [-0.15, -0.1) is 0 Å². The molecule has 0 aromatic carbocycles. The summed E-state index contributed by atoms with van der Waals surface area (Å²) < 4.78 is 0. The summed E-state index contributed by atoms with van der Waals surface area (Å²) >= 11 is 0. The predicted octanol–water partition coefficient (Wildman–Crippen LogP) is 0.414. The lowest BCUT2D eigenvalue weighted by Crippen LogP contribution is -2.37. The van der Waals surface area contributed by atoms with E-state index >= 15 is 0 Å². The Morgan fingerprint density at radius 1 is 1.64 bits per heavy atom. The van der Waals surface area contributed by atoms with Gasteiger partial charge >= 0.3 is 6.03 Å². The Balaban J connectivity index is 1.60. The number of aromatic nitrogens is 2. The van der Waals surface area contributed by atoms with E-state index in [0.29, 0.717) is 12.6 Å². The molecule has 5 nitrogen and oxygen atoms in total. The van der Waals surface area contributed by atoms with E-state index < -0.39 is 0 Å². The highest BCUT2D eigenvalue weighted by atomic mass is 16.2. The van der Waals surface area contributed by atoms with E-state index in [1.807, 2.05) is 0 Å². The first-order valence-electron chi connectivity index (χ1n) is 4.87. The molecule has 3 N–H and O–H groups in total. The number of hydrogen-bond donors (Lipinski definition) is 3. The molecule has 1 aliphatic rings. The van der Waals surface area contributed by atoms with Crippen molar-refractivity contribution in [1.82, 2.24) is 20.6 Å². The fourth-order valence-corrected chi connectivity index (χ4v) is 1.19. The van der Waals surface area contributed by atoms with E-state index in [4.69, 9.17) is 0 Å². The molecule has 2 amide bonds. The third kappa shape index (κ3) is 2.76. The zero-order valence-corrected chi connectivity index (χ0v) is 7.92. The quantitative estimate of drug-likeness (QED) is 0.650. The van der Waals surface area contributed by atoms with Crippen molar-refractivity contribution in [2.75, 3.05) is 6.54 Å². The van der Waals surface area contributed by atoms with Gasteiger partial charge in [-0.05, 0) is 12.8 Å². The zero-order valence-electron chi connectivity index (χ0n) is 7.92. The molecule has 1 heterocycles. The molecule has 1 saturated carbocycles. The van der Waals surface area contributed by atoms with Crippen molar-refractivity contribution in [3.05, 3.63) is 18.2 Å². The van der Waals surface area contributed by atoms with Gasteiger partial charge in [0.25, 0.3) is 0 Å². The van der Waals surface area contributed by atoms with Crippen LogP contribution in [0.3, 0.4) is 0 Å². The number of aromatic amines is 1. The molecule has 1 aromatic rings. The Kier molecular flexibility index (Phi) is 2.67. The van der Waals surface area contributed by atoms with Crippen LogP contribution in [0.25, 0.3) is 0 Å². The lowest BCUT2D eigenvalue weighted by Gasteiger charge is -2.04. The minimum Gasteiger partial charge on any atom is -0.349 e. The van der Waals surface area contributed by atoms with Crippen LogP contribution in [-0.2, 0) is 6.42 Å². The van der Waals surface area contributed by atoms with E-state index in [0.717, 1.165) is 25.1 Å². The molecule has 5 heteroatoms. The van der Waals surface area contributed by atoms with Crippen LogP contribution < -0.4 is 10.6 Å². The van der Waals surface area contributed by atoms with Crippen LogP contribution in [0.2, 0.25) is 0 Å². The second-order valence-corrected chi connectivity index (χ2v) is 3.46. The molecule has 76 valence electrons. The number of nitrogens with zero attached hydrogens (tertiary/aromatic N) is 1. The van der Waals surface area contributed by atoms with E-state index in [9.17, 15) is 4.79 Å². The van der Waals surface area contributed by atoms with Gasteiger partial charge in [-0.1, -0.05) is 0 Å². The number of rotatable bonds is 4. The topological polar surface area (TPSA) is 69.8 Å². The van der Waals surface area contributed by atoms with Crippen molar-refractivity contribution >= 4 is 6.03 Å². The van der Waals surface area contributed by atoms with Gasteiger partial charge in [0.1, 0.15) is 5.82 Å². The number of H-pyrrole nitrogens is 1. The van der Waals surface area contributed by atoms with Crippen LogP contribution in [0, 0.1) is 0 Å². The molecule has 2 rings (SSSR count). The molecule has 1 aromatic heterocycles. The fraction of sp³-hybridized carbons (Fsp3) is 0.556. The second-order valence-electron chi connectivity index (χ2n) is 3.46. The van der Waals surface area contributed by atoms with Gasteiger partial charge in [0, 0.05) is 31.4 Å². The summed E-state index contributed by atoms with van der Waals surface area (Å²) in [6, 6.07) is 0.345. The molecular weight excluding hydrogens is 180 g/mol. The summed E-state index contributed by atoms with van der Waals surface area (Å²) in [5.74, 6) is 0.900. The molecule has 0 unspecified atom stereocenters. The van der Waals surface area contributed by atoms with E-state index in [2.05, 4.69) is 20.6 Å². The average molecular weight is 194 g/mol. The zero-order chi connectivity index (χ0) is 9.80.